The lowest BCUT2D eigenvalue weighted by Crippen LogP contribution is -2.13. The van der Waals surface area contributed by atoms with Crippen LogP contribution >= 0.6 is 24.0 Å². The van der Waals surface area contributed by atoms with Crippen LogP contribution in [0.1, 0.15) is 36.9 Å². The number of alkyl halides is 3. The van der Waals surface area contributed by atoms with E-state index in [9.17, 15) is 13.2 Å². The lowest BCUT2D eigenvalue weighted by Gasteiger charge is -2.16. The molecule has 6 heteroatoms. The molecule has 0 radical (unpaired) electrons. The molecule has 1 aromatic rings. The van der Waals surface area contributed by atoms with Crippen molar-refractivity contribution in [1.29, 1.82) is 0 Å². The molecule has 0 unspecified atom stereocenters. The van der Waals surface area contributed by atoms with E-state index in [2.05, 4.69) is 0 Å². The molecule has 0 aliphatic rings. The molecule has 0 saturated heterocycles. The smallest absolute Gasteiger partial charge is 0.324 e. The van der Waals surface area contributed by atoms with Gasteiger partial charge in [0.15, 0.2) is 0 Å². The summed E-state index contributed by atoms with van der Waals surface area (Å²) >= 11 is 5.72. The molecule has 1 aromatic carbocycles. The first kappa shape index (κ1) is 16.6. The molecule has 0 aliphatic carbocycles. The van der Waals surface area contributed by atoms with Crippen LogP contribution in [0.3, 0.4) is 0 Å². The number of halogens is 5. The summed E-state index contributed by atoms with van der Waals surface area (Å²) in [7, 11) is 0. The van der Waals surface area contributed by atoms with Crippen LogP contribution in [0.25, 0.3) is 0 Å². The molecule has 0 amide bonds. The molecule has 0 aliphatic heterocycles. The number of rotatable bonds is 3. The zero-order valence-electron chi connectivity index (χ0n) is 9.22. The van der Waals surface area contributed by atoms with Crippen LogP contribution in [-0.4, -0.2) is 0 Å². The van der Waals surface area contributed by atoms with Gasteiger partial charge in [0, 0.05) is 6.04 Å². The quantitative estimate of drug-likeness (QED) is 0.865. The Labute approximate surface area is 110 Å². The Hall–Kier alpha value is -0.450. The van der Waals surface area contributed by atoms with Crippen molar-refractivity contribution in [2.75, 3.05) is 0 Å². The average molecular weight is 288 g/mol. The molecule has 0 saturated carbocycles. The fourth-order valence-electron chi connectivity index (χ4n) is 1.52. The van der Waals surface area contributed by atoms with Crippen molar-refractivity contribution in [2.45, 2.75) is 32.0 Å². The maximum atomic E-state index is 12.6. The SMILES string of the molecule is CCC[C@@H](N)c1cccc(C(F)(F)F)c1Cl.Cl. The standard InChI is InChI=1S/C11H13ClF3N.ClH/c1-2-4-9(16)7-5-3-6-8(10(7)12)11(13,14)15;/h3,5-6,9H,2,4,16H2,1H3;1H/t9-;/m1./s1. The molecule has 0 bridgehead atoms. The second-order valence-electron chi connectivity index (χ2n) is 3.60. The Morgan fingerprint density at radius 1 is 1.35 bits per heavy atom. The molecule has 0 heterocycles. The van der Waals surface area contributed by atoms with Crippen LogP contribution in [0.15, 0.2) is 18.2 Å². The third kappa shape index (κ3) is 4.05. The first-order chi connectivity index (χ1) is 7.38. The molecule has 0 spiro atoms. The van der Waals surface area contributed by atoms with E-state index in [4.69, 9.17) is 17.3 Å². The van der Waals surface area contributed by atoms with E-state index in [1.54, 1.807) is 0 Å². The van der Waals surface area contributed by atoms with E-state index in [1.165, 1.54) is 12.1 Å². The van der Waals surface area contributed by atoms with E-state index < -0.39 is 17.8 Å². The van der Waals surface area contributed by atoms with Gasteiger partial charge in [-0.1, -0.05) is 37.1 Å². The van der Waals surface area contributed by atoms with Crippen molar-refractivity contribution in [3.63, 3.8) is 0 Å². The topological polar surface area (TPSA) is 26.0 Å². The van der Waals surface area contributed by atoms with Crippen LogP contribution in [0.2, 0.25) is 5.02 Å². The third-order valence-corrected chi connectivity index (χ3v) is 2.75. The highest BCUT2D eigenvalue weighted by molar-refractivity contribution is 6.32. The van der Waals surface area contributed by atoms with Gasteiger partial charge in [-0.15, -0.1) is 12.4 Å². The van der Waals surface area contributed by atoms with E-state index in [0.29, 0.717) is 12.0 Å². The molecule has 1 rings (SSSR count). The maximum Gasteiger partial charge on any atom is 0.417 e. The summed E-state index contributed by atoms with van der Waals surface area (Å²) in [4.78, 5) is 0. The van der Waals surface area contributed by atoms with E-state index in [-0.39, 0.29) is 17.4 Å². The molecule has 98 valence electrons. The fraction of sp³-hybridized carbons (Fsp3) is 0.455. The highest BCUT2D eigenvalue weighted by Crippen LogP contribution is 2.38. The Morgan fingerprint density at radius 2 is 1.94 bits per heavy atom. The Bertz CT molecular complexity index is 366. The molecule has 0 aromatic heterocycles. The normalized spacial score (nSPS) is 13.1. The van der Waals surface area contributed by atoms with Crippen molar-refractivity contribution in [3.8, 4) is 0 Å². The highest BCUT2D eigenvalue weighted by Gasteiger charge is 2.34. The van der Waals surface area contributed by atoms with Crippen molar-refractivity contribution >= 4 is 24.0 Å². The van der Waals surface area contributed by atoms with Crippen molar-refractivity contribution in [1.82, 2.24) is 0 Å². The first-order valence-electron chi connectivity index (χ1n) is 4.99. The molecular formula is C11H14Cl2F3N. The van der Waals surface area contributed by atoms with Gasteiger partial charge in [0.1, 0.15) is 0 Å². The van der Waals surface area contributed by atoms with E-state index >= 15 is 0 Å². The maximum absolute atomic E-state index is 12.6. The van der Waals surface area contributed by atoms with Crippen LogP contribution in [0.5, 0.6) is 0 Å². The van der Waals surface area contributed by atoms with Crippen LogP contribution in [0, 0.1) is 0 Å². The van der Waals surface area contributed by atoms with E-state index in [1.807, 2.05) is 6.92 Å². The number of benzene rings is 1. The monoisotopic (exact) mass is 287 g/mol. The lowest BCUT2D eigenvalue weighted by atomic mass is 10.0. The summed E-state index contributed by atoms with van der Waals surface area (Å²) in [6, 6.07) is 3.39. The van der Waals surface area contributed by atoms with Crippen LogP contribution < -0.4 is 5.73 Å². The molecular weight excluding hydrogens is 274 g/mol. The summed E-state index contributed by atoms with van der Waals surface area (Å²) in [6.45, 7) is 1.92. The summed E-state index contributed by atoms with van der Waals surface area (Å²) in [5.41, 5.74) is 5.31. The van der Waals surface area contributed by atoms with Crippen molar-refractivity contribution in [2.24, 2.45) is 5.73 Å². The molecule has 2 N–H and O–H groups in total. The Morgan fingerprint density at radius 3 is 2.41 bits per heavy atom. The first-order valence-corrected chi connectivity index (χ1v) is 5.37. The van der Waals surface area contributed by atoms with Gasteiger partial charge in [0.25, 0.3) is 0 Å². The van der Waals surface area contributed by atoms with E-state index in [0.717, 1.165) is 12.5 Å². The Balaban J connectivity index is 0.00000256. The second-order valence-corrected chi connectivity index (χ2v) is 3.98. The predicted molar refractivity (Wildman–Crippen MR) is 65.5 cm³/mol. The van der Waals surface area contributed by atoms with Gasteiger partial charge in [0.2, 0.25) is 0 Å². The van der Waals surface area contributed by atoms with Crippen molar-refractivity contribution < 1.29 is 13.2 Å². The summed E-state index contributed by atoms with van der Waals surface area (Å²) in [6.07, 6.45) is -3.02. The predicted octanol–water partition coefficient (Wildman–Crippen LogP) is 4.58. The van der Waals surface area contributed by atoms with Crippen molar-refractivity contribution in [3.05, 3.63) is 34.3 Å². The zero-order chi connectivity index (χ0) is 12.3. The van der Waals surface area contributed by atoms with Gasteiger partial charge in [0.05, 0.1) is 10.6 Å². The van der Waals surface area contributed by atoms with Gasteiger partial charge in [-0.2, -0.15) is 13.2 Å². The molecule has 1 nitrogen and oxygen atoms in total. The van der Waals surface area contributed by atoms with Crippen LogP contribution in [-0.2, 0) is 6.18 Å². The third-order valence-electron chi connectivity index (χ3n) is 2.33. The minimum absolute atomic E-state index is 0. The van der Waals surface area contributed by atoms with Gasteiger partial charge in [-0.05, 0) is 18.1 Å². The number of hydrogen-bond acceptors (Lipinski definition) is 1. The van der Waals surface area contributed by atoms with Gasteiger partial charge in [-0.25, -0.2) is 0 Å². The molecule has 17 heavy (non-hydrogen) atoms. The Kier molecular flexibility index (Phi) is 6.30. The highest BCUT2D eigenvalue weighted by atomic mass is 35.5. The number of hydrogen-bond donors (Lipinski definition) is 1. The summed E-state index contributed by atoms with van der Waals surface area (Å²) in [5, 5.41) is -0.282. The molecule has 0 fully saturated rings. The van der Waals surface area contributed by atoms with Crippen LogP contribution in [0.4, 0.5) is 13.2 Å². The number of nitrogens with two attached hydrogens (primary N) is 1. The average Bonchev–Trinajstić information content (AvgIpc) is 2.16. The van der Waals surface area contributed by atoms with Gasteiger partial charge >= 0.3 is 6.18 Å². The lowest BCUT2D eigenvalue weighted by molar-refractivity contribution is -0.137. The minimum atomic E-state index is -4.43. The largest absolute Gasteiger partial charge is 0.417 e. The zero-order valence-corrected chi connectivity index (χ0v) is 10.8. The second kappa shape index (κ2) is 6.47. The fourth-order valence-corrected chi connectivity index (χ4v) is 1.89. The summed E-state index contributed by atoms with van der Waals surface area (Å²) < 4.78 is 37.7. The van der Waals surface area contributed by atoms with Gasteiger partial charge < -0.3 is 5.73 Å². The molecule has 1 atom stereocenters. The minimum Gasteiger partial charge on any atom is -0.324 e. The summed E-state index contributed by atoms with van der Waals surface area (Å²) in [5.74, 6) is 0. The van der Waals surface area contributed by atoms with Gasteiger partial charge in [-0.3, -0.25) is 0 Å².